The predicted octanol–water partition coefficient (Wildman–Crippen LogP) is 0.656. The zero-order valence-electron chi connectivity index (χ0n) is 14.9. The maximum atomic E-state index is 12.4. The predicted molar refractivity (Wildman–Crippen MR) is 91.8 cm³/mol. The number of methoxy groups -OCH3 is 3. The summed E-state index contributed by atoms with van der Waals surface area (Å²) in [6.07, 6.45) is -0.113. The minimum Gasteiger partial charge on any atom is -0.493 e. The van der Waals surface area contributed by atoms with Gasteiger partial charge >= 0.3 is 5.97 Å². The number of carbonyl (C=O) groups excluding carboxylic acids is 2. The highest BCUT2D eigenvalue weighted by Gasteiger charge is 2.35. The molecular weight excluding hydrogens is 344 g/mol. The van der Waals surface area contributed by atoms with Crippen molar-refractivity contribution in [3.63, 3.8) is 0 Å². The van der Waals surface area contributed by atoms with Crippen LogP contribution in [0.2, 0.25) is 0 Å². The smallest absolute Gasteiger partial charge is 0.305 e. The Morgan fingerprint density at radius 1 is 1.19 bits per heavy atom. The third-order valence-corrected chi connectivity index (χ3v) is 4.10. The van der Waals surface area contributed by atoms with E-state index >= 15 is 0 Å². The Labute approximate surface area is 150 Å². The lowest BCUT2D eigenvalue weighted by molar-refractivity contribution is -0.137. The largest absolute Gasteiger partial charge is 0.493 e. The van der Waals surface area contributed by atoms with Crippen molar-refractivity contribution in [1.82, 2.24) is 5.32 Å². The molecule has 1 aromatic carbocycles. The number of carboxylic acids is 1. The molecule has 9 nitrogen and oxygen atoms in total. The molecule has 1 saturated heterocycles. The molecule has 2 amide bonds. The van der Waals surface area contributed by atoms with E-state index in [1.807, 2.05) is 0 Å². The molecular formula is C17H22N2O7. The molecule has 2 N–H and O–H groups in total. The first-order valence-corrected chi connectivity index (χ1v) is 8.01. The minimum atomic E-state index is -0.994. The number of hydrogen-bond donors (Lipinski definition) is 2. The first-order chi connectivity index (χ1) is 12.4. The summed E-state index contributed by atoms with van der Waals surface area (Å²) in [5.41, 5.74) is 0.533. The van der Waals surface area contributed by atoms with E-state index in [1.165, 1.54) is 26.2 Å². The van der Waals surface area contributed by atoms with Crippen LogP contribution in [-0.4, -0.2) is 57.3 Å². The van der Waals surface area contributed by atoms with Crippen molar-refractivity contribution in [3.05, 3.63) is 12.1 Å². The van der Waals surface area contributed by atoms with Crippen molar-refractivity contribution in [3.8, 4) is 17.2 Å². The number of rotatable bonds is 8. The van der Waals surface area contributed by atoms with Crippen molar-refractivity contribution in [1.29, 1.82) is 0 Å². The maximum Gasteiger partial charge on any atom is 0.305 e. The molecule has 0 spiro atoms. The van der Waals surface area contributed by atoms with E-state index in [1.54, 1.807) is 12.1 Å². The van der Waals surface area contributed by atoms with Crippen LogP contribution in [0.3, 0.4) is 0 Å². The highest BCUT2D eigenvalue weighted by molar-refractivity contribution is 6.00. The summed E-state index contributed by atoms with van der Waals surface area (Å²) in [5, 5.41) is 11.2. The zero-order valence-corrected chi connectivity index (χ0v) is 14.9. The molecule has 1 unspecified atom stereocenters. The number of benzene rings is 1. The van der Waals surface area contributed by atoms with Gasteiger partial charge in [0.15, 0.2) is 11.5 Å². The third kappa shape index (κ3) is 4.16. The van der Waals surface area contributed by atoms with Gasteiger partial charge in [-0.25, -0.2) is 0 Å². The number of aliphatic carboxylic acids is 1. The lowest BCUT2D eigenvalue weighted by atomic mass is 10.1. The SMILES string of the molecule is COc1cc(N2CC(C(=O)NCCC(=O)O)CC2=O)cc(OC)c1OC. The highest BCUT2D eigenvalue weighted by atomic mass is 16.5. The van der Waals surface area contributed by atoms with E-state index in [2.05, 4.69) is 5.32 Å². The van der Waals surface area contributed by atoms with Gasteiger partial charge in [0.05, 0.1) is 39.4 Å². The Kier molecular flexibility index (Phi) is 6.26. The van der Waals surface area contributed by atoms with Gasteiger partial charge in [0.2, 0.25) is 17.6 Å². The second kappa shape index (κ2) is 8.41. The first-order valence-electron chi connectivity index (χ1n) is 8.01. The van der Waals surface area contributed by atoms with Crippen LogP contribution in [0.1, 0.15) is 12.8 Å². The number of ether oxygens (including phenoxy) is 3. The van der Waals surface area contributed by atoms with E-state index in [0.29, 0.717) is 22.9 Å². The Morgan fingerprint density at radius 3 is 2.31 bits per heavy atom. The number of anilines is 1. The molecule has 1 aromatic rings. The van der Waals surface area contributed by atoms with Gasteiger partial charge in [0, 0.05) is 31.6 Å². The van der Waals surface area contributed by atoms with Crippen LogP contribution in [-0.2, 0) is 14.4 Å². The Morgan fingerprint density at radius 2 is 1.81 bits per heavy atom. The maximum absolute atomic E-state index is 12.4. The standard InChI is InChI=1S/C17H22N2O7/c1-24-12-7-11(8-13(25-2)16(12)26-3)19-9-10(6-14(19)20)17(23)18-5-4-15(21)22/h7-8,10H,4-6,9H2,1-3H3,(H,18,23)(H,21,22). The number of amides is 2. The molecule has 2 rings (SSSR count). The molecule has 1 fully saturated rings. The van der Waals surface area contributed by atoms with Crippen molar-refractivity contribution < 1.29 is 33.7 Å². The van der Waals surface area contributed by atoms with Gasteiger partial charge in [0.25, 0.3) is 0 Å². The molecule has 0 radical (unpaired) electrons. The van der Waals surface area contributed by atoms with Crippen LogP contribution in [0, 0.1) is 5.92 Å². The average molecular weight is 366 g/mol. The van der Waals surface area contributed by atoms with Gasteiger partial charge in [-0.1, -0.05) is 0 Å². The van der Waals surface area contributed by atoms with E-state index in [4.69, 9.17) is 19.3 Å². The fourth-order valence-electron chi connectivity index (χ4n) is 2.79. The van der Waals surface area contributed by atoms with Crippen LogP contribution < -0.4 is 24.4 Å². The summed E-state index contributed by atoms with van der Waals surface area (Å²) >= 11 is 0. The molecule has 142 valence electrons. The van der Waals surface area contributed by atoms with Gasteiger partial charge in [-0.3, -0.25) is 14.4 Å². The topological polar surface area (TPSA) is 114 Å². The first kappa shape index (κ1) is 19.4. The zero-order chi connectivity index (χ0) is 19.3. The Hall–Kier alpha value is -2.97. The molecule has 0 saturated carbocycles. The second-order valence-corrected chi connectivity index (χ2v) is 5.72. The molecule has 1 aliphatic rings. The molecule has 0 bridgehead atoms. The van der Waals surface area contributed by atoms with Gasteiger partial charge in [-0.15, -0.1) is 0 Å². The van der Waals surface area contributed by atoms with Crippen LogP contribution >= 0.6 is 0 Å². The molecule has 1 aliphatic heterocycles. The second-order valence-electron chi connectivity index (χ2n) is 5.72. The summed E-state index contributed by atoms with van der Waals surface area (Å²) in [4.78, 5) is 36.5. The van der Waals surface area contributed by atoms with E-state index in [-0.39, 0.29) is 37.7 Å². The minimum absolute atomic E-state index is 0.0308. The molecule has 26 heavy (non-hydrogen) atoms. The van der Waals surface area contributed by atoms with Gasteiger partial charge < -0.3 is 29.5 Å². The normalized spacial score (nSPS) is 16.3. The van der Waals surface area contributed by atoms with Crippen LogP contribution in [0.5, 0.6) is 17.2 Å². The fourth-order valence-corrected chi connectivity index (χ4v) is 2.79. The molecule has 0 aliphatic carbocycles. The van der Waals surface area contributed by atoms with E-state index < -0.39 is 11.9 Å². The summed E-state index contributed by atoms with van der Waals surface area (Å²) in [7, 11) is 4.44. The lowest BCUT2D eigenvalue weighted by Gasteiger charge is -2.20. The third-order valence-electron chi connectivity index (χ3n) is 4.10. The van der Waals surface area contributed by atoms with Crippen LogP contribution in [0.15, 0.2) is 12.1 Å². The number of carboxylic acid groups (broad SMARTS) is 1. The molecule has 0 aromatic heterocycles. The van der Waals surface area contributed by atoms with Gasteiger partial charge in [0.1, 0.15) is 0 Å². The van der Waals surface area contributed by atoms with Gasteiger partial charge in [-0.05, 0) is 0 Å². The number of nitrogens with zero attached hydrogens (tertiary/aromatic N) is 1. The van der Waals surface area contributed by atoms with Crippen molar-refractivity contribution in [2.75, 3.05) is 39.3 Å². The van der Waals surface area contributed by atoms with Crippen molar-refractivity contribution in [2.24, 2.45) is 5.92 Å². The number of hydrogen-bond acceptors (Lipinski definition) is 6. The van der Waals surface area contributed by atoms with Crippen molar-refractivity contribution in [2.45, 2.75) is 12.8 Å². The summed E-state index contributed by atoms with van der Waals surface area (Å²) in [5.74, 6) is -0.865. The summed E-state index contributed by atoms with van der Waals surface area (Å²) < 4.78 is 15.8. The highest BCUT2D eigenvalue weighted by Crippen LogP contribution is 2.42. The van der Waals surface area contributed by atoms with Crippen molar-refractivity contribution >= 4 is 23.5 Å². The molecule has 9 heteroatoms. The lowest BCUT2D eigenvalue weighted by Crippen LogP contribution is -2.34. The van der Waals surface area contributed by atoms with Crippen LogP contribution in [0.25, 0.3) is 0 Å². The van der Waals surface area contributed by atoms with E-state index in [0.717, 1.165) is 0 Å². The molecule has 1 atom stereocenters. The monoisotopic (exact) mass is 366 g/mol. The quantitative estimate of drug-likeness (QED) is 0.694. The summed E-state index contributed by atoms with van der Waals surface area (Å²) in [6, 6.07) is 3.29. The fraction of sp³-hybridized carbons (Fsp3) is 0.471. The number of carbonyl (C=O) groups is 3. The van der Waals surface area contributed by atoms with E-state index in [9.17, 15) is 14.4 Å². The average Bonchev–Trinajstić information content (AvgIpc) is 3.01. The van der Waals surface area contributed by atoms with Gasteiger partial charge in [-0.2, -0.15) is 0 Å². The summed E-state index contributed by atoms with van der Waals surface area (Å²) in [6.45, 7) is 0.222. The molecule has 1 heterocycles. The Bertz CT molecular complexity index is 679. The number of nitrogens with one attached hydrogen (secondary N) is 1. The Balaban J connectivity index is 2.15. The van der Waals surface area contributed by atoms with Crippen LogP contribution in [0.4, 0.5) is 5.69 Å².